The summed E-state index contributed by atoms with van der Waals surface area (Å²) in [6.07, 6.45) is 0. The summed E-state index contributed by atoms with van der Waals surface area (Å²) in [6, 6.07) is 0. The van der Waals surface area contributed by atoms with Crippen LogP contribution < -0.4 is 0 Å². The molecule has 0 amide bonds. The van der Waals surface area contributed by atoms with Crippen LogP contribution in [0.2, 0.25) is 0 Å². The first kappa shape index (κ1) is 12.2. The molecule has 0 saturated heterocycles. The Kier molecular flexibility index (Phi) is 3.73. The molecule has 2 heterocycles. The van der Waals surface area contributed by atoms with Gasteiger partial charge in [-0.05, 0) is 38.3 Å². The number of hydrogen-bond donors (Lipinski definition) is 0. The fourth-order valence-corrected chi connectivity index (χ4v) is 3.83. The van der Waals surface area contributed by atoms with Crippen molar-refractivity contribution in [3.8, 4) is 0 Å². The second-order valence-corrected chi connectivity index (χ2v) is 6.60. The maximum Gasteiger partial charge on any atom is 0.161 e. The number of aromatic nitrogens is 2. The van der Waals surface area contributed by atoms with E-state index in [4.69, 9.17) is 24.4 Å². The Morgan fingerprint density at radius 2 is 1.31 bits per heavy atom. The van der Waals surface area contributed by atoms with Gasteiger partial charge in [0, 0.05) is 35.2 Å². The van der Waals surface area contributed by atoms with Gasteiger partial charge in [-0.3, -0.25) is 0 Å². The van der Waals surface area contributed by atoms with Gasteiger partial charge >= 0.3 is 0 Å². The molecule has 0 fully saturated rings. The predicted octanol–water partition coefficient (Wildman–Crippen LogP) is 4.19. The van der Waals surface area contributed by atoms with Crippen LogP contribution >= 0.6 is 47.1 Å². The van der Waals surface area contributed by atoms with Crippen LogP contribution in [0.4, 0.5) is 0 Å². The molecule has 0 saturated carbocycles. The second-order valence-electron chi connectivity index (χ2n) is 3.59. The van der Waals surface area contributed by atoms with Crippen LogP contribution in [0.5, 0.6) is 0 Å². The molecule has 86 valence electrons. The van der Waals surface area contributed by atoms with Gasteiger partial charge in [0.1, 0.15) is 0 Å². The van der Waals surface area contributed by atoms with Crippen molar-refractivity contribution in [1.29, 1.82) is 0 Å². The summed E-state index contributed by atoms with van der Waals surface area (Å²) in [4.78, 5) is 0. The normalized spacial score (nSPS) is 10.9. The van der Waals surface area contributed by atoms with Crippen LogP contribution in [0, 0.1) is 21.8 Å². The number of aryl methyl sites for hydroxylation is 2. The van der Waals surface area contributed by atoms with Gasteiger partial charge in [0.15, 0.2) is 7.91 Å². The molecule has 0 aromatic carbocycles. The molecule has 2 aromatic heterocycles. The Hall–Kier alpha value is -0.300. The van der Waals surface area contributed by atoms with Crippen LogP contribution in [-0.4, -0.2) is 9.13 Å². The lowest BCUT2D eigenvalue weighted by Gasteiger charge is -2.08. The van der Waals surface area contributed by atoms with Crippen LogP contribution in [0.25, 0.3) is 0 Å². The zero-order valence-corrected chi connectivity index (χ0v) is 12.4. The van der Waals surface area contributed by atoms with E-state index in [1.807, 2.05) is 0 Å². The highest BCUT2D eigenvalue weighted by molar-refractivity contribution is 7.73. The van der Waals surface area contributed by atoms with E-state index in [0.29, 0.717) is 0 Å². The largest absolute Gasteiger partial charge is 0.326 e. The molecular formula is C10H12N2S4. The molecule has 0 spiro atoms. The first-order chi connectivity index (χ1) is 7.59. The van der Waals surface area contributed by atoms with Crippen LogP contribution in [0.3, 0.4) is 0 Å². The van der Waals surface area contributed by atoms with Crippen LogP contribution in [0.15, 0.2) is 10.8 Å². The van der Waals surface area contributed by atoms with Gasteiger partial charge in [-0.25, -0.2) is 0 Å². The second kappa shape index (κ2) is 4.91. The average molecular weight is 288 g/mol. The Morgan fingerprint density at radius 1 is 0.938 bits per heavy atom. The molecule has 2 aromatic rings. The highest BCUT2D eigenvalue weighted by atomic mass is 32.2. The van der Waals surface area contributed by atoms with Gasteiger partial charge in [-0.1, -0.05) is 0 Å². The molecule has 0 aliphatic rings. The lowest BCUT2D eigenvalue weighted by Crippen LogP contribution is -2.09. The highest BCUT2D eigenvalue weighted by Crippen LogP contribution is 2.13. The predicted molar refractivity (Wildman–Crippen MR) is 75.8 cm³/mol. The molecule has 0 radical (unpaired) electrons. The van der Waals surface area contributed by atoms with Crippen molar-refractivity contribution < 1.29 is 0 Å². The van der Waals surface area contributed by atoms with Gasteiger partial charge in [-0.15, -0.1) is 22.7 Å². The highest BCUT2D eigenvalue weighted by Gasteiger charge is 2.03. The maximum absolute atomic E-state index is 5.28. The number of nitrogens with zero attached hydrogens (tertiary/aromatic N) is 2. The Morgan fingerprint density at radius 3 is 1.56 bits per heavy atom. The Bertz CT molecular complexity index is 545. The molecule has 2 nitrogen and oxygen atoms in total. The summed E-state index contributed by atoms with van der Waals surface area (Å²) < 4.78 is 6.21. The average Bonchev–Trinajstić information content (AvgIpc) is 2.72. The third kappa shape index (κ3) is 2.34. The molecule has 16 heavy (non-hydrogen) atoms. The summed E-state index contributed by atoms with van der Waals surface area (Å²) in [5.41, 5.74) is 2.46. The minimum absolute atomic E-state index is 0.903. The molecule has 0 unspecified atom stereocenters. The van der Waals surface area contributed by atoms with Gasteiger partial charge in [0.2, 0.25) is 0 Å². The van der Waals surface area contributed by atoms with E-state index >= 15 is 0 Å². The summed E-state index contributed by atoms with van der Waals surface area (Å²) in [5, 5.41) is 4.20. The van der Waals surface area contributed by atoms with E-state index in [-0.39, 0.29) is 0 Å². The lowest BCUT2D eigenvalue weighted by atomic mass is 10.4. The van der Waals surface area contributed by atoms with E-state index in [9.17, 15) is 0 Å². The van der Waals surface area contributed by atoms with Crippen molar-refractivity contribution in [3.05, 3.63) is 30.1 Å². The monoisotopic (exact) mass is 288 g/mol. The van der Waals surface area contributed by atoms with Crippen molar-refractivity contribution in [1.82, 2.24) is 9.13 Å². The Balaban J connectivity index is 2.20. The van der Waals surface area contributed by atoms with Gasteiger partial charge in [-0.2, -0.15) is 0 Å². The van der Waals surface area contributed by atoms with Gasteiger partial charge < -0.3 is 9.13 Å². The standard InChI is InChI=1S/C10H12N2S4/c1-7-5-15-9(13)11(7)3-4-12-8(2)6-16-10(12)14/h5-6H,3-4H2,1-2H3. The summed E-state index contributed by atoms with van der Waals surface area (Å²) in [7, 11) is 0. The first-order valence-corrected chi connectivity index (χ1v) is 7.47. The minimum Gasteiger partial charge on any atom is -0.326 e. The van der Waals surface area contributed by atoms with E-state index < -0.39 is 0 Å². The molecule has 0 aliphatic heterocycles. The van der Waals surface area contributed by atoms with Crippen molar-refractivity contribution in [2.75, 3.05) is 0 Å². The van der Waals surface area contributed by atoms with Crippen molar-refractivity contribution in [2.24, 2.45) is 0 Å². The zero-order valence-electron chi connectivity index (χ0n) is 9.10. The zero-order chi connectivity index (χ0) is 11.7. The number of thiazole rings is 2. The molecule has 0 aliphatic carbocycles. The van der Waals surface area contributed by atoms with E-state index in [1.54, 1.807) is 22.7 Å². The molecular weight excluding hydrogens is 276 g/mol. The maximum atomic E-state index is 5.28. The fourth-order valence-electron chi connectivity index (χ4n) is 1.55. The summed E-state index contributed by atoms with van der Waals surface area (Å²) in [6.45, 7) is 5.98. The third-order valence-corrected chi connectivity index (χ3v) is 5.28. The molecule has 2 rings (SSSR count). The van der Waals surface area contributed by atoms with Crippen molar-refractivity contribution >= 4 is 47.1 Å². The minimum atomic E-state index is 0.903. The van der Waals surface area contributed by atoms with E-state index in [2.05, 4.69) is 33.7 Å². The van der Waals surface area contributed by atoms with Crippen molar-refractivity contribution in [3.63, 3.8) is 0 Å². The molecule has 0 bridgehead atoms. The van der Waals surface area contributed by atoms with E-state index in [1.165, 1.54) is 11.4 Å². The number of hydrogen-bond acceptors (Lipinski definition) is 4. The summed E-state index contributed by atoms with van der Waals surface area (Å²) >= 11 is 13.8. The third-order valence-electron chi connectivity index (χ3n) is 2.50. The van der Waals surface area contributed by atoms with Crippen LogP contribution in [0.1, 0.15) is 11.4 Å². The molecule has 6 heteroatoms. The molecule has 0 N–H and O–H groups in total. The van der Waals surface area contributed by atoms with Crippen molar-refractivity contribution in [2.45, 2.75) is 26.9 Å². The number of rotatable bonds is 3. The lowest BCUT2D eigenvalue weighted by molar-refractivity contribution is 0.561. The SMILES string of the molecule is Cc1csc(=S)n1CCn1c(C)csc1=S. The first-order valence-electron chi connectivity index (χ1n) is 4.89. The molecule has 0 atom stereocenters. The van der Waals surface area contributed by atoms with Gasteiger partial charge in [0.25, 0.3) is 0 Å². The van der Waals surface area contributed by atoms with Crippen LogP contribution in [-0.2, 0) is 13.1 Å². The van der Waals surface area contributed by atoms with E-state index in [0.717, 1.165) is 21.0 Å². The fraction of sp³-hybridized carbons (Fsp3) is 0.400. The van der Waals surface area contributed by atoms with Gasteiger partial charge in [0.05, 0.1) is 0 Å². The summed E-state index contributed by atoms with van der Waals surface area (Å²) in [5.74, 6) is 0. The smallest absolute Gasteiger partial charge is 0.161 e. The quantitative estimate of drug-likeness (QED) is 0.784. The Labute approximate surface area is 113 Å². The topological polar surface area (TPSA) is 9.86 Å².